The SMILES string of the molecule is CC[C@@H](CO)NC(=O)c1cnn2c1C[C@@H](CNC(=O)c1cccnc1)CC2. The zero-order valence-corrected chi connectivity index (χ0v) is 15.4. The Kier molecular flexibility index (Phi) is 6.18. The van der Waals surface area contributed by atoms with E-state index in [4.69, 9.17) is 0 Å². The van der Waals surface area contributed by atoms with Gasteiger partial charge in [-0.2, -0.15) is 5.10 Å². The first-order valence-corrected chi connectivity index (χ1v) is 9.27. The molecule has 2 atom stereocenters. The predicted octanol–water partition coefficient (Wildman–Crippen LogP) is 0.771. The summed E-state index contributed by atoms with van der Waals surface area (Å²) in [7, 11) is 0. The van der Waals surface area contributed by atoms with Crippen LogP contribution in [0.25, 0.3) is 0 Å². The van der Waals surface area contributed by atoms with Crippen LogP contribution in [0.2, 0.25) is 0 Å². The molecule has 0 fully saturated rings. The van der Waals surface area contributed by atoms with Gasteiger partial charge in [-0.3, -0.25) is 19.3 Å². The van der Waals surface area contributed by atoms with Crippen molar-refractivity contribution in [2.75, 3.05) is 13.2 Å². The highest BCUT2D eigenvalue weighted by Crippen LogP contribution is 2.23. The molecule has 27 heavy (non-hydrogen) atoms. The molecule has 8 nitrogen and oxygen atoms in total. The Morgan fingerprint density at radius 3 is 2.93 bits per heavy atom. The van der Waals surface area contributed by atoms with Crippen molar-refractivity contribution < 1.29 is 14.7 Å². The van der Waals surface area contributed by atoms with Gasteiger partial charge in [-0.25, -0.2) is 0 Å². The van der Waals surface area contributed by atoms with Crippen LogP contribution in [-0.4, -0.2) is 50.9 Å². The molecule has 0 saturated carbocycles. The zero-order chi connectivity index (χ0) is 19.2. The third-order valence-electron chi connectivity index (χ3n) is 4.95. The number of aliphatic hydroxyl groups is 1. The Hall–Kier alpha value is -2.74. The standard InChI is InChI=1S/C19H25N5O3/c1-2-15(12-25)23-19(27)16-11-22-24-7-5-13(8-17(16)24)9-21-18(26)14-4-3-6-20-10-14/h3-4,6,10-11,13,15,25H,2,5,7-9,12H2,1H3,(H,21,26)(H,23,27)/t13-,15-/m0/s1. The van der Waals surface area contributed by atoms with Crippen molar-refractivity contribution in [1.82, 2.24) is 25.4 Å². The van der Waals surface area contributed by atoms with E-state index in [0.717, 1.165) is 12.1 Å². The van der Waals surface area contributed by atoms with Crippen LogP contribution in [0.15, 0.2) is 30.7 Å². The molecule has 0 unspecified atom stereocenters. The minimum Gasteiger partial charge on any atom is -0.394 e. The minimum absolute atomic E-state index is 0.0886. The Labute approximate surface area is 158 Å². The van der Waals surface area contributed by atoms with Gasteiger partial charge in [-0.15, -0.1) is 0 Å². The third-order valence-corrected chi connectivity index (χ3v) is 4.95. The van der Waals surface area contributed by atoms with Gasteiger partial charge in [0.05, 0.1) is 35.7 Å². The van der Waals surface area contributed by atoms with Crippen LogP contribution in [0.3, 0.4) is 0 Å². The maximum atomic E-state index is 12.5. The summed E-state index contributed by atoms with van der Waals surface area (Å²) >= 11 is 0. The van der Waals surface area contributed by atoms with E-state index in [9.17, 15) is 14.7 Å². The fourth-order valence-electron chi connectivity index (χ4n) is 3.24. The number of rotatable bonds is 7. The van der Waals surface area contributed by atoms with Crippen LogP contribution in [0.1, 0.15) is 46.2 Å². The van der Waals surface area contributed by atoms with Gasteiger partial charge < -0.3 is 15.7 Å². The van der Waals surface area contributed by atoms with E-state index in [-0.39, 0.29) is 30.4 Å². The maximum Gasteiger partial charge on any atom is 0.255 e. The second kappa shape index (κ2) is 8.77. The van der Waals surface area contributed by atoms with Crippen molar-refractivity contribution in [2.24, 2.45) is 5.92 Å². The molecule has 2 aromatic heterocycles. The number of amides is 2. The fraction of sp³-hybridized carbons (Fsp3) is 0.474. The molecule has 3 rings (SSSR count). The van der Waals surface area contributed by atoms with E-state index in [1.54, 1.807) is 30.7 Å². The molecule has 0 bridgehead atoms. The second-order valence-electron chi connectivity index (χ2n) is 6.80. The summed E-state index contributed by atoms with van der Waals surface area (Å²) < 4.78 is 1.86. The third kappa shape index (κ3) is 4.51. The number of hydrogen-bond acceptors (Lipinski definition) is 5. The van der Waals surface area contributed by atoms with E-state index in [0.29, 0.717) is 37.1 Å². The molecular formula is C19H25N5O3. The molecule has 2 aromatic rings. The van der Waals surface area contributed by atoms with Crippen LogP contribution in [0.4, 0.5) is 0 Å². The van der Waals surface area contributed by atoms with Crippen molar-refractivity contribution in [2.45, 2.75) is 38.8 Å². The van der Waals surface area contributed by atoms with Gasteiger partial charge in [0, 0.05) is 25.5 Å². The number of nitrogens with zero attached hydrogens (tertiary/aromatic N) is 3. The first-order valence-electron chi connectivity index (χ1n) is 9.27. The summed E-state index contributed by atoms with van der Waals surface area (Å²) in [6.45, 7) is 3.08. The number of hydrogen-bond donors (Lipinski definition) is 3. The summed E-state index contributed by atoms with van der Waals surface area (Å²) in [6, 6.07) is 3.20. The molecule has 3 heterocycles. The van der Waals surface area contributed by atoms with Gasteiger partial charge in [0.15, 0.2) is 0 Å². The highest BCUT2D eigenvalue weighted by molar-refractivity contribution is 5.95. The average molecular weight is 371 g/mol. The van der Waals surface area contributed by atoms with Gasteiger partial charge in [0.1, 0.15) is 0 Å². The first-order chi connectivity index (χ1) is 13.1. The number of aliphatic hydroxyl groups excluding tert-OH is 1. The molecular weight excluding hydrogens is 346 g/mol. The Balaban J connectivity index is 1.61. The quantitative estimate of drug-likeness (QED) is 0.666. The lowest BCUT2D eigenvalue weighted by Gasteiger charge is -2.24. The van der Waals surface area contributed by atoms with Crippen LogP contribution in [-0.2, 0) is 13.0 Å². The highest BCUT2D eigenvalue weighted by atomic mass is 16.3. The molecule has 0 aromatic carbocycles. The van der Waals surface area contributed by atoms with E-state index in [2.05, 4.69) is 20.7 Å². The summed E-state index contributed by atoms with van der Waals surface area (Å²) in [5.41, 5.74) is 1.96. The molecule has 3 N–H and O–H groups in total. The average Bonchev–Trinajstić information content (AvgIpc) is 3.14. The maximum absolute atomic E-state index is 12.5. The van der Waals surface area contributed by atoms with Crippen molar-refractivity contribution in [3.63, 3.8) is 0 Å². The Morgan fingerprint density at radius 2 is 2.22 bits per heavy atom. The zero-order valence-electron chi connectivity index (χ0n) is 15.4. The molecule has 0 aliphatic carbocycles. The Morgan fingerprint density at radius 1 is 1.37 bits per heavy atom. The number of fused-ring (bicyclic) bond motifs is 1. The van der Waals surface area contributed by atoms with Crippen LogP contribution >= 0.6 is 0 Å². The van der Waals surface area contributed by atoms with Crippen molar-refractivity contribution in [3.8, 4) is 0 Å². The number of nitrogens with one attached hydrogen (secondary N) is 2. The number of aromatic nitrogens is 3. The monoisotopic (exact) mass is 371 g/mol. The number of aryl methyl sites for hydroxylation is 1. The van der Waals surface area contributed by atoms with E-state index >= 15 is 0 Å². The minimum atomic E-state index is -0.258. The highest BCUT2D eigenvalue weighted by Gasteiger charge is 2.26. The molecule has 0 saturated heterocycles. The molecule has 144 valence electrons. The lowest BCUT2D eigenvalue weighted by atomic mass is 9.94. The summed E-state index contributed by atoms with van der Waals surface area (Å²) in [5.74, 6) is -0.118. The number of carbonyl (C=O) groups excluding carboxylic acids is 2. The van der Waals surface area contributed by atoms with Crippen LogP contribution in [0.5, 0.6) is 0 Å². The molecule has 0 radical (unpaired) electrons. The van der Waals surface area contributed by atoms with Gasteiger partial charge in [0.2, 0.25) is 0 Å². The number of pyridine rings is 1. The van der Waals surface area contributed by atoms with E-state index < -0.39 is 0 Å². The van der Waals surface area contributed by atoms with Gasteiger partial charge in [-0.1, -0.05) is 6.92 Å². The van der Waals surface area contributed by atoms with E-state index in [1.165, 1.54) is 0 Å². The van der Waals surface area contributed by atoms with Crippen LogP contribution in [0, 0.1) is 5.92 Å². The Bertz CT molecular complexity index is 786. The predicted molar refractivity (Wildman–Crippen MR) is 99.2 cm³/mol. The smallest absolute Gasteiger partial charge is 0.255 e. The molecule has 0 spiro atoms. The molecule has 1 aliphatic heterocycles. The summed E-state index contributed by atoms with van der Waals surface area (Å²) in [5, 5.41) is 19.4. The van der Waals surface area contributed by atoms with Crippen molar-refractivity contribution >= 4 is 11.8 Å². The summed E-state index contributed by atoms with van der Waals surface area (Å²) in [4.78, 5) is 28.7. The first kappa shape index (κ1) is 19.0. The lowest BCUT2D eigenvalue weighted by molar-refractivity contribution is 0.0909. The lowest BCUT2D eigenvalue weighted by Crippen LogP contribution is -2.38. The van der Waals surface area contributed by atoms with Crippen LogP contribution < -0.4 is 10.6 Å². The van der Waals surface area contributed by atoms with E-state index in [1.807, 2.05) is 11.6 Å². The molecule has 1 aliphatic rings. The molecule has 8 heteroatoms. The van der Waals surface area contributed by atoms with Gasteiger partial charge in [0.25, 0.3) is 11.8 Å². The largest absolute Gasteiger partial charge is 0.394 e. The fourth-order valence-corrected chi connectivity index (χ4v) is 3.24. The normalized spacial score (nSPS) is 17.0. The van der Waals surface area contributed by atoms with Gasteiger partial charge >= 0.3 is 0 Å². The summed E-state index contributed by atoms with van der Waals surface area (Å²) in [6.07, 6.45) is 6.98. The van der Waals surface area contributed by atoms with Crippen molar-refractivity contribution in [3.05, 3.63) is 47.5 Å². The van der Waals surface area contributed by atoms with Gasteiger partial charge in [-0.05, 0) is 37.3 Å². The number of carbonyl (C=O) groups is 2. The second-order valence-corrected chi connectivity index (χ2v) is 6.80. The molecule has 2 amide bonds. The van der Waals surface area contributed by atoms with Crippen molar-refractivity contribution in [1.29, 1.82) is 0 Å². The topological polar surface area (TPSA) is 109 Å².